The van der Waals surface area contributed by atoms with Gasteiger partial charge in [-0.05, 0) is 31.2 Å². The molecule has 4 nitrogen and oxygen atoms in total. The summed E-state index contributed by atoms with van der Waals surface area (Å²) in [7, 11) is 0. The molecule has 20 heavy (non-hydrogen) atoms. The maximum absolute atomic E-state index is 12.7. The summed E-state index contributed by atoms with van der Waals surface area (Å²) in [5.41, 5.74) is 1.40. The fraction of sp³-hybridized carbons (Fsp3) is 0.154. The number of nitrogens with zero attached hydrogens (tertiary/aromatic N) is 4. The molecule has 0 atom stereocenters. The standard InChI is InChI=1S/C13H9F3N4/c1-8-6-9(4-5-17-8)10-7-18-12-3-2-11(13(14,15)16)19-20(10)12/h2-7H,1H3. The van der Waals surface area contributed by atoms with Crippen LogP contribution in [-0.2, 0) is 6.18 Å². The van der Waals surface area contributed by atoms with Crippen LogP contribution in [-0.4, -0.2) is 19.6 Å². The minimum absolute atomic E-state index is 0.363. The van der Waals surface area contributed by atoms with E-state index in [9.17, 15) is 13.2 Å². The third-order valence-corrected chi connectivity index (χ3v) is 2.85. The summed E-state index contributed by atoms with van der Waals surface area (Å²) < 4.78 is 39.3. The molecule has 0 bridgehead atoms. The first-order chi connectivity index (χ1) is 9.45. The monoisotopic (exact) mass is 278 g/mol. The molecule has 0 spiro atoms. The van der Waals surface area contributed by atoms with Gasteiger partial charge in [0, 0.05) is 17.5 Å². The van der Waals surface area contributed by atoms with Crippen molar-refractivity contribution in [2.24, 2.45) is 0 Å². The van der Waals surface area contributed by atoms with Crippen molar-refractivity contribution < 1.29 is 13.2 Å². The van der Waals surface area contributed by atoms with E-state index in [-0.39, 0.29) is 0 Å². The van der Waals surface area contributed by atoms with Gasteiger partial charge in [-0.1, -0.05) is 0 Å². The third-order valence-electron chi connectivity index (χ3n) is 2.85. The molecule has 3 rings (SSSR count). The number of rotatable bonds is 1. The lowest BCUT2D eigenvalue weighted by Gasteiger charge is -2.07. The summed E-state index contributed by atoms with van der Waals surface area (Å²) in [6, 6.07) is 5.70. The van der Waals surface area contributed by atoms with Crippen LogP contribution in [0, 0.1) is 6.92 Å². The van der Waals surface area contributed by atoms with Gasteiger partial charge in [0.1, 0.15) is 0 Å². The smallest absolute Gasteiger partial charge is 0.262 e. The van der Waals surface area contributed by atoms with E-state index in [1.807, 2.05) is 0 Å². The van der Waals surface area contributed by atoms with E-state index in [0.717, 1.165) is 17.3 Å². The third kappa shape index (κ3) is 2.11. The second-order valence-electron chi connectivity index (χ2n) is 4.32. The molecule has 0 saturated carbocycles. The Balaban J connectivity index is 2.22. The number of aryl methyl sites for hydroxylation is 1. The molecule has 0 N–H and O–H groups in total. The maximum atomic E-state index is 12.7. The minimum Gasteiger partial charge on any atom is -0.262 e. The Hall–Kier alpha value is -2.44. The largest absolute Gasteiger partial charge is 0.435 e. The molecule has 0 aliphatic heterocycles. The van der Waals surface area contributed by atoms with Gasteiger partial charge in [-0.15, -0.1) is 0 Å². The highest BCUT2D eigenvalue weighted by Gasteiger charge is 2.33. The number of halogens is 3. The molecule has 0 fully saturated rings. The van der Waals surface area contributed by atoms with Crippen LogP contribution in [0.25, 0.3) is 16.9 Å². The molecule has 3 heterocycles. The molecule has 0 amide bonds. The van der Waals surface area contributed by atoms with Crippen molar-refractivity contribution >= 4 is 5.65 Å². The highest BCUT2D eigenvalue weighted by Crippen LogP contribution is 2.28. The summed E-state index contributed by atoms with van der Waals surface area (Å²) in [5.74, 6) is 0. The number of hydrogen-bond acceptors (Lipinski definition) is 3. The van der Waals surface area contributed by atoms with Gasteiger partial charge < -0.3 is 0 Å². The Morgan fingerprint density at radius 2 is 1.90 bits per heavy atom. The van der Waals surface area contributed by atoms with Crippen LogP contribution in [0.15, 0.2) is 36.7 Å². The Morgan fingerprint density at radius 1 is 1.10 bits per heavy atom. The predicted octanol–water partition coefficient (Wildman–Crippen LogP) is 3.12. The predicted molar refractivity (Wildman–Crippen MR) is 66.0 cm³/mol. The van der Waals surface area contributed by atoms with Crippen molar-refractivity contribution in [3.8, 4) is 11.3 Å². The molecule has 3 aromatic rings. The zero-order valence-electron chi connectivity index (χ0n) is 10.4. The molecule has 7 heteroatoms. The molecule has 0 aliphatic rings. The second kappa shape index (κ2) is 4.29. The van der Waals surface area contributed by atoms with Gasteiger partial charge in [0.05, 0.1) is 11.9 Å². The summed E-state index contributed by atoms with van der Waals surface area (Å²) in [4.78, 5) is 8.12. The highest BCUT2D eigenvalue weighted by molar-refractivity contribution is 5.62. The number of imidazole rings is 1. The average Bonchev–Trinajstić information content (AvgIpc) is 2.80. The van der Waals surface area contributed by atoms with Gasteiger partial charge in [-0.3, -0.25) is 4.98 Å². The van der Waals surface area contributed by atoms with E-state index >= 15 is 0 Å². The van der Waals surface area contributed by atoms with E-state index in [0.29, 0.717) is 11.3 Å². The van der Waals surface area contributed by atoms with Crippen LogP contribution in [0.3, 0.4) is 0 Å². The molecule has 0 unspecified atom stereocenters. The van der Waals surface area contributed by atoms with Crippen molar-refractivity contribution in [1.29, 1.82) is 0 Å². The molecule has 0 saturated heterocycles. The van der Waals surface area contributed by atoms with E-state index < -0.39 is 11.9 Å². The molecule has 102 valence electrons. The van der Waals surface area contributed by atoms with Crippen LogP contribution in [0.1, 0.15) is 11.4 Å². The van der Waals surface area contributed by atoms with Crippen LogP contribution in [0.2, 0.25) is 0 Å². The molecule has 0 radical (unpaired) electrons. The minimum atomic E-state index is -4.48. The summed E-state index contributed by atoms with van der Waals surface area (Å²) in [6.07, 6.45) is -1.39. The number of aromatic nitrogens is 4. The Morgan fingerprint density at radius 3 is 2.60 bits per heavy atom. The quantitative estimate of drug-likeness (QED) is 0.687. The van der Waals surface area contributed by atoms with Gasteiger partial charge in [-0.25, -0.2) is 9.50 Å². The SMILES string of the molecule is Cc1cc(-c2cnc3ccc(C(F)(F)F)nn23)ccn1. The number of pyridine rings is 1. The van der Waals surface area contributed by atoms with Crippen molar-refractivity contribution in [2.45, 2.75) is 13.1 Å². The maximum Gasteiger partial charge on any atom is 0.435 e. The van der Waals surface area contributed by atoms with Crippen molar-refractivity contribution in [1.82, 2.24) is 19.6 Å². The molecule has 3 aromatic heterocycles. The Labute approximate surface area is 111 Å². The lowest BCUT2D eigenvalue weighted by molar-refractivity contribution is -0.141. The molecular weight excluding hydrogens is 269 g/mol. The van der Waals surface area contributed by atoms with Crippen molar-refractivity contribution in [2.75, 3.05) is 0 Å². The van der Waals surface area contributed by atoms with E-state index in [1.54, 1.807) is 25.3 Å². The lowest BCUT2D eigenvalue weighted by Crippen LogP contribution is -2.10. The highest BCUT2D eigenvalue weighted by atomic mass is 19.4. The number of fused-ring (bicyclic) bond motifs is 1. The normalized spacial score (nSPS) is 12.0. The van der Waals surface area contributed by atoms with Gasteiger partial charge in [0.2, 0.25) is 0 Å². The van der Waals surface area contributed by atoms with Crippen molar-refractivity contribution in [3.63, 3.8) is 0 Å². The number of hydrogen-bond donors (Lipinski definition) is 0. The molecule has 0 aromatic carbocycles. The first-order valence-corrected chi connectivity index (χ1v) is 5.80. The molecule has 0 aliphatic carbocycles. The van der Waals surface area contributed by atoms with E-state index in [4.69, 9.17) is 0 Å². The first kappa shape index (κ1) is 12.6. The van der Waals surface area contributed by atoms with Gasteiger partial charge in [0.15, 0.2) is 11.3 Å². The second-order valence-corrected chi connectivity index (χ2v) is 4.32. The Bertz CT molecular complexity index is 777. The summed E-state index contributed by atoms with van der Waals surface area (Å²) >= 11 is 0. The van der Waals surface area contributed by atoms with Gasteiger partial charge in [0.25, 0.3) is 0 Å². The zero-order chi connectivity index (χ0) is 14.3. The summed E-state index contributed by atoms with van der Waals surface area (Å²) in [5, 5.41) is 3.62. The Kier molecular flexibility index (Phi) is 2.70. The topological polar surface area (TPSA) is 43.1 Å². The zero-order valence-corrected chi connectivity index (χ0v) is 10.4. The van der Waals surface area contributed by atoms with Gasteiger partial charge >= 0.3 is 6.18 Å². The van der Waals surface area contributed by atoms with E-state index in [2.05, 4.69) is 15.1 Å². The fourth-order valence-corrected chi connectivity index (χ4v) is 1.93. The van der Waals surface area contributed by atoms with Crippen LogP contribution in [0.4, 0.5) is 13.2 Å². The lowest BCUT2D eigenvalue weighted by atomic mass is 10.2. The summed E-state index contributed by atoms with van der Waals surface area (Å²) in [6.45, 7) is 1.81. The fourth-order valence-electron chi connectivity index (χ4n) is 1.93. The van der Waals surface area contributed by atoms with Crippen molar-refractivity contribution in [3.05, 3.63) is 48.0 Å². The molecular formula is C13H9F3N4. The van der Waals surface area contributed by atoms with Gasteiger partial charge in [-0.2, -0.15) is 18.3 Å². The van der Waals surface area contributed by atoms with Crippen LogP contribution >= 0.6 is 0 Å². The number of alkyl halides is 3. The average molecular weight is 278 g/mol. The first-order valence-electron chi connectivity index (χ1n) is 5.80. The van der Waals surface area contributed by atoms with Crippen LogP contribution < -0.4 is 0 Å². The van der Waals surface area contributed by atoms with E-state index in [1.165, 1.54) is 16.8 Å². The van der Waals surface area contributed by atoms with Crippen LogP contribution in [0.5, 0.6) is 0 Å².